The summed E-state index contributed by atoms with van der Waals surface area (Å²) in [5, 5.41) is 0. The summed E-state index contributed by atoms with van der Waals surface area (Å²) in [6.07, 6.45) is 5.12. The molecule has 0 saturated carbocycles. The maximum atomic E-state index is 11.5. The number of hydrogen-bond donors (Lipinski definition) is 1. The van der Waals surface area contributed by atoms with Crippen LogP contribution in [0.4, 0.5) is 0 Å². The molecule has 0 heterocycles. The van der Waals surface area contributed by atoms with Crippen molar-refractivity contribution in [2.24, 2.45) is 5.92 Å². The van der Waals surface area contributed by atoms with Gasteiger partial charge in [-0.15, -0.1) is 0 Å². The van der Waals surface area contributed by atoms with Crippen molar-refractivity contribution in [3.8, 4) is 0 Å². The van der Waals surface area contributed by atoms with Crippen LogP contribution in [0, 0.1) is 5.92 Å². The van der Waals surface area contributed by atoms with Crippen molar-refractivity contribution in [2.45, 2.75) is 46.0 Å². The van der Waals surface area contributed by atoms with Crippen molar-refractivity contribution in [3.05, 3.63) is 0 Å². The van der Waals surface area contributed by atoms with E-state index in [1.807, 2.05) is 0 Å². The van der Waals surface area contributed by atoms with E-state index in [2.05, 4.69) is 26.5 Å². The van der Waals surface area contributed by atoms with Gasteiger partial charge in [0, 0.05) is 5.75 Å². The Morgan fingerprint density at radius 1 is 1.27 bits per heavy atom. The number of thiol groups is 1. The zero-order chi connectivity index (χ0) is 10.8. The van der Waals surface area contributed by atoms with Crippen LogP contribution in [-0.2, 0) is 9.53 Å². The monoisotopic (exact) mass is 340 g/mol. The summed E-state index contributed by atoms with van der Waals surface area (Å²) in [5.41, 5.74) is 0. The molecule has 15 heavy (non-hydrogen) atoms. The minimum absolute atomic E-state index is 0. The van der Waals surface area contributed by atoms with Crippen LogP contribution in [-0.4, -0.2) is 42.2 Å². The van der Waals surface area contributed by atoms with E-state index < -0.39 is 0 Å². The number of esters is 1. The van der Waals surface area contributed by atoms with Gasteiger partial charge in [-0.25, -0.2) is 0 Å². The SMILES string of the molecule is CCCCOC(=O)C(CS)CCCC.[SnH2]. The first-order valence-electron chi connectivity index (χ1n) is 5.53. The van der Waals surface area contributed by atoms with Crippen LogP contribution in [0.25, 0.3) is 0 Å². The van der Waals surface area contributed by atoms with Gasteiger partial charge in [-0.05, 0) is 12.8 Å². The molecule has 0 aliphatic rings. The molecule has 0 N–H and O–H groups in total. The van der Waals surface area contributed by atoms with Gasteiger partial charge in [-0.3, -0.25) is 4.79 Å². The molecule has 0 saturated heterocycles. The average Bonchev–Trinajstić information content (AvgIpc) is 2.19. The fraction of sp³-hybridized carbons (Fsp3) is 0.909. The number of carbonyl (C=O) groups is 1. The van der Waals surface area contributed by atoms with Crippen LogP contribution in [0.3, 0.4) is 0 Å². The van der Waals surface area contributed by atoms with Crippen LogP contribution in [0.2, 0.25) is 0 Å². The van der Waals surface area contributed by atoms with E-state index >= 15 is 0 Å². The molecule has 0 fully saturated rings. The molecule has 1 unspecified atom stereocenters. The molecule has 0 bridgehead atoms. The molecule has 0 spiro atoms. The van der Waals surface area contributed by atoms with Crippen molar-refractivity contribution >= 4 is 42.5 Å². The molecule has 90 valence electrons. The predicted molar refractivity (Wildman–Crippen MR) is 71.3 cm³/mol. The van der Waals surface area contributed by atoms with Gasteiger partial charge in [0.1, 0.15) is 0 Å². The quantitative estimate of drug-likeness (QED) is 0.317. The Morgan fingerprint density at radius 2 is 1.87 bits per heavy atom. The van der Waals surface area contributed by atoms with Crippen LogP contribution >= 0.6 is 12.6 Å². The summed E-state index contributed by atoms with van der Waals surface area (Å²) in [6.45, 7) is 4.77. The van der Waals surface area contributed by atoms with E-state index in [0.717, 1.165) is 32.1 Å². The molecular weight excluding hydrogens is 315 g/mol. The Morgan fingerprint density at radius 3 is 2.33 bits per heavy atom. The van der Waals surface area contributed by atoms with E-state index in [1.54, 1.807) is 0 Å². The van der Waals surface area contributed by atoms with Crippen molar-refractivity contribution in [2.75, 3.05) is 12.4 Å². The average molecular weight is 339 g/mol. The van der Waals surface area contributed by atoms with E-state index in [1.165, 1.54) is 0 Å². The molecule has 1 atom stereocenters. The molecule has 2 nitrogen and oxygen atoms in total. The number of rotatable bonds is 8. The molecule has 0 aliphatic heterocycles. The van der Waals surface area contributed by atoms with Gasteiger partial charge in [0.2, 0.25) is 0 Å². The van der Waals surface area contributed by atoms with Crippen molar-refractivity contribution in [1.82, 2.24) is 0 Å². The third kappa shape index (κ3) is 9.54. The van der Waals surface area contributed by atoms with Gasteiger partial charge in [0.25, 0.3) is 0 Å². The Labute approximate surface area is 116 Å². The molecule has 0 aromatic heterocycles. The summed E-state index contributed by atoms with van der Waals surface area (Å²) in [6, 6.07) is 0. The van der Waals surface area contributed by atoms with E-state index in [9.17, 15) is 4.79 Å². The summed E-state index contributed by atoms with van der Waals surface area (Å²) in [5.74, 6) is 0.530. The van der Waals surface area contributed by atoms with Crippen LogP contribution < -0.4 is 0 Å². The zero-order valence-electron chi connectivity index (χ0n) is 10.00. The Hall–Kier alpha value is 0.619. The van der Waals surface area contributed by atoms with Gasteiger partial charge in [0.15, 0.2) is 0 Å². The zero-order valence-corrected chi connectivity index (χ0v) is 14.9. The molecule has 0 aromatic carbocycles. The second kappa shape index (κ2) is 12.7. The molecule has 2 radical (unpaired) electrons. The van der Waals surface area contributed by atoms with Gasteiger partial charge in [-0.1, -0.05) is 33.1 Å². The van der Waals surface area contributed by atoms with Crippen molar-refractivity contribution in [1.29, 1.82) is 0 Å². The van der Waals surface area contributed by atoms with Gasteiger partial charge in [-0.2, -0.15) is 12.6 Å². The third-order valence-electron chi connectivity index (χ3n) is 2.20. The van der Waals surface area contributed by atoms with Gasteiger partial charge >= 0.3 is 29.9 Å². The summed E-state index contributed by atoms with van der Waals surface area (Å²) in [4.78, 5) is 11.5. The van der Waals surface area contributed by atoms with Gasteiger partial charge < -0.3 is 4.74 Å². The molecular formula is C11H24O2SSn. The van der Waals surface area contributed by atoms with Crippen molar-refractivity contribution < 1.29 is 9.53 Å². The Kier molecular flexibility index (Phi) is 15.2. The number of hydrogen-bond acceptors (Lipinski definition) is 3. The topological polar surface area (TPSA) is 26.3 Å². The molecule has 0 rings (SSSR count). The number of ether oxygens (including phenoxy) is 1. The van der Waals surface area contributed by atoms with E-state index in [-0.39, 0.29) is 35.8 Å². The fourth-order valence-corrected chi connectivity index (χ4v) is 1.50. The Balaban J connectivity index is 0. The molecule has 0 aromatic rings. The summed E-state index contributed by atoms with van der Waals surface area (Å²) >= 11 is 4.17. The second-order valence-electron chi connectivity index (χ2n) is 3.54. The summed E-state index contributed by atoms with van der Waals surface area (Å²) in [7, 11) is 0. The van der Waals surface area contributed by atoms with E-state index in [0.29, 0.717) is 12.4 Å². The predicted octanol–water partition coefficient (Wildman–Crippen LogP) is 2.15. The maximum absolute atomic E-state index is 11.5. The normalized spacial score (nSPS) is 11.7. The van der Waals surface area contributed by atoms with Crippen molar-refractivity contribution in [3.63, 3.8) is 0 Å². The standard InChI is InChI=1S/C11H22O2S.Sn.2H/c1-3-5-7-10(9-14)11(12)13-8-6-4-2;;;/h10,14H,3-9H2,1-2H3;;;. The Bertz CT molecular complexity index is 154. The number of unbranched alkanes of at least 4 members (excludes halogenated alkanes) is 2. The van der Waals surface area contributed by atoms with Crippen LogP contribution in [0.5, 0.6) is 0 Å². The van der Waals surface area contributed by atoms with Crippen LogP contribution in [0.1, 0.15) is 46.0 Å². The van der Waals surface area contributed by atoms with E-state index in [4.69, 9.17) is 4.74 Å². The number of carbonyl (C=O) groups excluding carboxylic acids is 1. The molecule has 0 aliphatic carbocycles. The third-order valence-corrected chi connectivity index (χ3v) is 2.64. The minimum atomic E-state index is -0.0677. The summed E-state index contributed by atoms with van der Waals surface area (Å²) < 4.78 is 5.14. The first-order chi connectivity index (χ1) is 6.76. The molecule has 0 amide bonds. The fourth-order valence-electron chi connectivity index (χ4n) is 1.17. The first kappa shape index (κ1) is 18.0. The second-order valence-corrected chi connectivity index (χ2v) is 3.91. The van der Waals surface area contributed by atoms with Gasteiger partial charge in [0.05, 0.1) is 12.5 Å². The first-order valence-corrected chi connectivity index (χ1v) is 6.16. The van der Waals surface area contributed by atoms with Crippen LogP contribution in [0.15, 0.2) is 0 Å². The molecule has 4 heteroatoms.